The van der Waals surface area contributed by atoms with E-state index in [1.54, 1.807) is 0 Å². The van der Waals surface area contributed by atoms with E-state index in [-0.39, 0.29) is 41.2 Å². The van der Waals surface area contributed by atoms with Crippen molar-refractivity contribution in [2.45, 2.75) is 50.2 Å². The molecule has 0 fully saturated rings. The lowest BCUT2D eigenvalue weighted by Crippen LogP contribution is -2.54. The van der Waals surface area contributed by atoms with E-state index in [1.165, 1.54) is 49.5 Å². The average molecular weight is 741 g/mol. The Morgan fingerprint density at radius 2 is 1.52 bits per heavy atom. The van der Waals surface area contributed by atoms with Crippen LogP contribution < -0.4 is 19.1 Å². The van der Waals surface area contributed by atoms with Crippen molar-refractivity contribution in [2.24, 2.45) is 0 Å². The van der Waals surface area contributed by atoms with Crippen LogP contribution in [0.25, 0.3) is 0 Å². The highest BCUT2D eigenvalue weighted by molar-refractivity contribution is 9.10. The van der Waals surface area contributed by atoms with Crippen molar-refractivity contribution in [2.75, 3.05) is 25.1 Å². The molecule has 254 valence electrons. The van der Waals surface area contributed by atoms with Crippen LogP contribution in [0, 0.1) is 5.82 Å². The molecular formula is C36H39BrFN3O6S. The molecule has 0 aliphatic carbocycles. The minimum Gasteiger partial charge on any atom is -0.493 e. The summed E-state index contributed by atoms with van der Waals surface area (Å²) in [7, 11) is -1.63. The van der Waals surface area contributed by atoms with Crippen LogP contribution in [0.5, 0.6) is 11.5 Å². The molecule has 2 amide bonds. The minimum atomic E-state index is -4.44. The fourth-order valence-electron chi connectivity index (χ4n) is 5.02. The van der Waals surface area contributed by atoms with Gasteiger partial charge in [0.25, 0.3) is 10.0 Å². The number of hydrogen-bond donors (Lipinski definition) is 1. The Kier molecular flexibility index (Phi) is 12.6. The molecule has 0 heterocycles. The highest BCUT2D eigenvalue weighted by Crippen LogP contribution is 2.32. The summed E-state index contributed by atoms with van der Waals surface area (Å²) in [6.07, 6.45) is 0.858. The maximum Gasteiger partial charge on any atom is 0.264 e. The molecule has 0 aliphatic heterocycles. The fraction of sp³-hybridized carbons (Fsp3) is 0.278. The smallest absolute Gasteiger partial charge is 0.264 e. The van der Waals surface area contributed by atoms with Gasteiger partial charge in [-0.2, -0.15) is 0 Å². The van der Waals surface area contributed by atoms with E-state index < -0.39 is 34.3 Å². The first kappa shape index (κ1) is 36.4. The number of nitrogens with one attached hydrogen (secondary N) is 1. The molecule has 9 nitrogen and oxygen atoms in total. The number of amides is 2. The standard InChI is InChI=1S/C36H39BrFN3O6S/c1-5-25(2)39-36(43)32(21-26-9-7-6-8-10-26)40(23-27-11-13-28(37)14-12-27)35(42)24-41(30-17-15-29(38)16-18-30)48(44,45)31-19-20-33(46-3)34(22-31)47-4/h6-20,22,25,32H,5,21,23-24H2,1-4H3,(H,39,43)/t25-,32-/m1/s1. The first-order valence-corrected chi connectivity index (χ1v) is 17.6. The normalized spacial score (nSPS) is 12.5. The lowest BCUT2D eigenvalue weighted by atomic mass is 10.0. The van der Waals surface area contributed by atoms with Crippen LogP contribution in [0.1, 0.15) is 31.4 Å². The van der Waals surface area contributed by atoms with Gasteiger partial charge in [-0.25, -0.2) is 12.8 Å². The minimum absolute atomic E-state index is 0.0191. The van der Waals surface area contributed by atoms with Crippen LogP contribution in [-0.4, -0.2) is 58.0 Å². The molecule has 0 saturated carbocycles. The summed E-state index contributed by atoms with van der Waals surface area (Å²) in [5.74, 6) is -1.08. The van der Waals surface area contributed by atoms with Gasteiger partial charge in [0.05, 0.1) is 24.8 Å². The van der Waals surface area contributed by atoms with E-state index >= 15 is 0 Å². The van der Waals surface area contributed by atoms with Crippen LogP contribution in [0.3, 0.4) is 0 Å². The zero-order valence-electron chi connectivity index (χ0n) is 27.2. The Bertz CT molecular complexity index is 1790. The van der Waals surface area contributed by atoms with Gasteiger partial charge < -0.3 is 19.7 Å². The number of ether oxygens (including phenoxy) is 2. The van der Waals surface area contributed by atoms with Crippen molar-refractivity contribution < 1.29 is 31.9 Å². The molecule has 48 heavy (non-hydrogen) atoms. The van der Waals surface area contributed by atoms with Crippen LogP contribution in [0.15, 0.2) is 106 Å². The Balaban J connectivity index is 1.82. The van der Waals surface area contributed by atoms with Crippen molar-refractivity contribution in [3.05, 3.63) is 118 Å². The second-order valence-electron chi connectivity index (χ2n) is 11.2. The molecule has 12 heteroatoms. The highest BCUT2D eigenvalue weighted by atomic mass is 79.9. The number of hydrogen-bond acceptors (Lipinski definition) is 6. The quantitative estimate of drug-likeness (QED) is 0.152. The molecule has 0 spiro atoms. The monoisotopic (exact) mass is 739 g/mol. The zero-order valence-corrected chi connectivity index (χ0v) is 29.6. The maximum atomic E-state index is 14.6. The van der Waals surface area contributed by atoms with E-state index in [0.717, 1.165) is 32.0 Å². The van der Waals surface area contributed by atoms with Crippen molar-refractivity contribution in [1.29, 1.82) is 0 Å². The van der Waals surface area contributed by atoms with Gasteiger partial charge >= 0.3 is 0 Å². The number of sulfonamides is 1. The summed E-state index contributed by atoms with van der Waals surface area (Å²) in [5, 5.41) is 3.01. The number of carbonyl (C=O) groups excluding carboxylic acids is 2. The van der Waals surface area contributed by atoms with Crippen molar-refractivity contribution in [3.8, 4) is 11.5 Å². The lowest BCUT2D eigenvalue weighted by Gasteiger charge is -2.34. The van der Waals surface area contributed by atoms with E-state index in [2.05, 4.69) is 21.2 Å². The highest BCUT2D eigenvalue weighted by Gasteiger charge is 2.35. The summed E-state index contributed by atoms with van der Waals surface area (Å²) >= 11 is 3.44. The molecule has 0 bridgehead atoms. The van der Waals surface area contributed by atoms with E-state index in [1.807, 2.05) is 68.4 Å². The third-order valence-corrected chi connectivity index (χ3v) is 10.2. The molecule has 0 unspecified atom stereocenters. The predicted octanol–water partition coefficient (Wildman–Crippen LogP) is 6.36. The summed E-state index contributed by atoms with van der Waals surface area (Å²) in [5.41, 5.74) is 1.62. The molecule has 4 rings (SSSR count). The van der Waals surface area contributed by atoms with Gasteiger partial charge in [0.2, 0.25) is 11.8 Å². The topological polar surface area (TPSA) is 105 Å². The molecule has 0 aromatic heterocycles. The molecule has 0 aliphatic rings. The zero-order chi connectivity index (χ0) is 34.8. The number of benzene rings is 4. The summed E-state index contributed by atoms with van der Waals surface area (Å²) in [4.78, 5) is 29.7. The Morgan fingerprint density at radius 1 is 0.875 bits per heavy atom. The molecular weight excluding hydrogens is 701 g/mol. The number of rotatable bonds is 15. The average Bonchev–Trinajstić information content (AvgIpc) is 3.09. The molecule has 0 radical (unpaired) electrons. The Morgan fingerprint density at radius 3 is 2.12 bits per heavy atom. The van der Waals surface area contributed by atoms with Gasteiger partial charge in [-0.3, -0.25) is 13.9 Å². The maximum absolute atomic E-state index is 14.6. The van der Waals surface area contributed by atoms with Gasteiger partial charge in [0, 0.05) is 29.5 Å². The SMILES string of the molecule is CC[C@@H](C)NC(=O)[C@@H](Cc1ccccc1)N(Cc1ccc(Br)cc1)C(=O)CN(c1ccc(F)cc1)S(=O)(=O)c1ccc(OC)c(OC)c1. The van der Waals surface area contributed by atoms with Crippen molar-refractivity contribution in [3.63, 3.8) is 0 Å². The van der Waals surface area contributed by atoms with Gasteiger partial charge in [0.1, 0.15) is 18.4 Å². The number of anilines is 1. The van der Waals surface area contributed by atoms with E-state index in [9.17, 15) is 22.4 Å². The molecule has 0 saturated heterocycles. The molecule has 4 aromatic carbocycles. The number of carbonyl (C=O) groups is 2. The summed E-state index contributed by atoms with van der Waals surface area (Å²) in [6.45, 7) is 3.16. The van der Waals surface area contributed by atoms with Crippen LogP contribution in [-0.2, 0) is 32.6 Å². The predicted molar refractivity (Wildman–Crippen MR) is 187 cm³/mol. The third kappa shape index (κ3) is 9.13. The largest absolute Gasteiger partial charge is 0.493 e. The van der Waals surface area contributed by atoms with Gasteiger partial charge in [-0.05, 0) is 73.0 Å². The van der Waals surface area contributed by atoms with Crippen LogP contribution in [0.2, 0.25) is 0 Å². The van der Waals surface area contributed by atoms with Crippen LogP contribution >= 0.6 is 15.9 Å². The Labute approximate surface area is 289 Å². The van der Waals surface area contributed by atoms with E-state index in [4.69, 9.17) is 9.47 Å². The third-order valence-electron chi connectivity index (χ3n) is 7.87. The van der Waals surface area contributed by atoms with Crippen LogP contribution in [0.4, 0.5) is 10.1 Å². The number of nitrogens with zero attached hydrogens (tertiary/aromatic N) is 2. The second-order valence-corrected chi connectivity index (χ2v) is 14.0. The van der Waals surface area contributed by atoms with Gasteiger partial charge in [0.15, 0.2) is 11.5 Å². The van der Waals surface area contributed by atoms with Crippen molar-refractivity contribution in [1.82, 2.24) is 10.2 Å². The number of methoxy groups -OCH3 is 2. The first-order chi connectivity index (χ1) is 23.0. The Hall–Kier alpha value is -4.42. The van der Waals surface area contributed by atoms with Crippen molar-refractivity contribution >= 4 is 43.5 Å². The summed E-state index contributed by atoms with van der Waals surface area (Å²) < 4.78 is 55.0. The fourth-order valence-corrected chi connectivity index (χ4v) is 6.72. The molecule has 1 N–H and O–H groups in total. The number of halogens is 2. The lowest BCUT2D eigenvalue weighted by molar-refractivity contribution is -0.140. The summed E-state index contributed by atoms with van der Waals surface area (Å²) in [6, 6.07) is 24.4. The molecule has 2 atom stereocenters. The van der Waals surface area contributed by atoms with Gasteiger partial charge in [-0.15, -0.1) is 0 Å². The molecule has 4 aromatic rings. The second kappa shape index (κ2) is 16.6. The van der Waals surface area contributed by atoms with E-state index in [0.29, 0.717) is 12.2 Å². The first-order valence-electron chi connectivity index (χ1n) is 15.3. The van der Waals surface area contributed by atoms with Gasteiger partial charge in [-0.1, -0.05) is 65.3 Å².